The van der Waals surface area contributed by atoms with Crippen LogP contribution in [0.2, 0.25) is 0 Å². The standard InChI is InChI=1S/C12H17N5O3S/c1-6(2)10-15-16-11(20-10)7(3)13-9(18)5-21-12-17-14-8(4)19-12/h6-7H,5H2,1-4H3,(H,13,18)/t7-/m0/s1. The first-order valence-corrected chi connectivity index (χ1v) is 7.50. The molecule has 0 radical (unpaired) electrons. The number of hydrogen-bond donors (Lipinski definition) is 1. The number of carbonyl (C=O) groups excluding carboxylic acids is 1. The average molecular weight is 311 g/mol. The van der Waals surface area contributed by atoms with E-state index < -0.39 is 0 Å². The highest BCUT2D eigenvalue weighted by Gasteiger charge is 2.18. The first kappa shape index (κ1) is 15.5. The zero-order valence-corrected chi connectivity index (χ0v) is 13.1. The molecule has 0 aliphatic heterocycles. The van der Waals surface area contributed by atoms with Crippen LogP contribution in [0.4, 0.5) is 0 Å². The molecule has 114 valence electrons. The third-order valence-corrected chi connectivity index (χ3v) is 3.35. The molecule has 1 amide bonds. The quantitative estimate of drug-likeness (QED) is 0.805. The van der Waals surface area contributed by atoms with E-state index in [0.717, 1.165) is 0 Å². The van der Waals surface area contributed by atoms with Gasteiger partial charge in [0.05, 0.1) is 5.75 Å². The van der Waals surface area contributed by atoms with E-state index in [0.29, 0.717) is 22.9 Å². The number of aryl methyl sites for hydroxylation is 1. The summed E-state index contributed by atoms with van der Waals surface area (Å²) in [6.07, 6.45) is 0. The second-order valence-electron chi connectivity index (χ2n) is 4.80. The van der Waals surface area contributed by atoms with Crippen LogP contribution in [-0.4, -0.2) is 32.1 Å². The van der Waals surface area contributed by atoms with Gasteiger partial charge in [0.2, 0.25) is 23.6 Å². The Morgan fingerprint density at radius 3 is 2.43 bits per heavy atom. The Kier molecular flexibility index (Phi) is 4.94. The zero-order chi connectivity index (χ0) is 15.4. The van der Waals surface area contributed by atoms with E-state index in [4.69, 9.17) is 8.83 Å². The van der Waals surface area contributed by atoms with Crippen molar-refractivity contribution in [3.8, 4) is 0 Å². The second kappa shape index (κ2) is 6.70. The lowest BCUT2D eigenvalue weighted by molar-refractivity contribution is -0.119. The number of carbonyl (C=O) groups is 1. The lowest BCUT2D eigenvalue weighted by Crippen LogP contribution is -2.28. The van der Waals surface area contributed by atoms with Crippen molar-refractivity contribution >= 4 is 17.7 Å². The normalized spacial score (nSPS) is 12.6. The molecule has 0 fully saturated rings. The van der Waals surface area contributed by atoms with Gasteiger partial charge in [-0.3, -0.25) is 4.79 Å². The van der Waals surface area contributed by atoms with Crippen molar-refractivity contribution in [2.24, 2.45) is 0 Å². The van der Waals surface area contributed by atoms with E-state index in [1.165, 1.54) is 11.8 Å². The maximum absolute atomic E-state index is 11.8. The van der Waals surface area contributed by atoms with Crippen molar-refractivity contribution in [3.05, 3.63) is 17.7 Å². The summed E-state index contributed by atoms with van der Waals surface area (Å²) in [6, 6.07) is -0.345. The summed E-state index contributed by atoms with van der Waals surface area (Å²) in [4.78, 5) is 11.8. The van der Waals surface area contributed by atoms with E-state index in [2.05, 4.69) is 25.7 Å². The summed E-state index contributed by atoms with van der Waals surface area (Å²) in [6.45, 7) is 7.41. The van der Waals surface area contributed by atoms with Gasteiger partial charge in [0, 0.05) is 12.8 Å². The monoisotopic (exact) mass is 311 g/mol. The van der Waals surface area contributed by atoms with E-state index in [1.807, 2.05) is 13.8 Å². The predicted molar refractivity (Wildman–Crippen MR) is 74.7 cm³/mol. The summed E-state index contributed by atoms with van der Waals surface area (Å²) in [5.74, 6) is 1.58. The Morgan fingerprint density at radius 2 is 1.86 bits per heavy atom. The zero-order valence-electron chi connectivity index (χ0n) is 12.3. The summed E-state index contributed by atoms with van der Waals surface area (Å²) < 4.78 is 10.7. The minimum atomic E-state index is -0.345. The topological polar surface area (TPSA) is 107 Å². The molecule has 9 heteroatoms. The Morgan fingerprint density at radius 1 is 1.14 bits per heavy atom. The summed E-state index contributed by atoms with van der Waals surface area (Å²) in [5.41, 5.74) is 0. The van der Waals surface area contributed by atoms with Gasteiger partial charge in [-0.25, -0.2) is 0 Å². The van der Waals surface area contributed by atoms with Crippen molar-refractivity contribution in [3.63, 3.8) is 0 Å². The molecule has 2 aromatic heterocycles. The van der Waals surface area contributed by atoms with Gasteiger partial charge in [-0.2, -0.15) is 0 Å². The average Bonchev–Trinajstić information content (AvgIpc) is 3.05. The minimum Gasteiger partial charge on any atom is -0.423 e. The SMILES string of the molecule is Cc1nnc(SCC(=O)N[C@@H](C)c2nnc(C(C)C)o2)o1. The van der Waals surface area contributed by atoms with Crippen LogP contribution in [0, 0.1) is 6.92 Å². The number of rotatable bonds is 6. The van der Waals surface area contributed by atoms with Crippen LogP contribution < -0.4 is 5.32 Å². The maximum atomic E-state index is 11.8. The first-order chi connectivity index (χ1) is 9.95. The number of hydrogen-bond acceptors (Lipinski definition) is 8. The Hall–Kier alpha value is -1.90. The summed E-state index contributed by atoms with van der Waals surface area (Å²) in [7, 11) is 0. The second-order valence-corrected chi connectivity index (χ2v) is 5.72. The summed E-state index contributed by atoms with van der Waals surface area (Å²) >= 11 is 1.18. The Balaban J connectivity index is 1.83. The molecule has 1 N–H and O–H groups in total. The molecule has 0 saturated heterocycles. The van der Waals surface area contributed by atoms with Gasteiger partial charge in [-0.05, 0) is 6.92 Å². The number of nitrogens with one attached hydrogen (secondary N) is 1. The highest BCUT2D eigenvalue weighted by molar-refractivity contribution is 7.99. The molecule has 2 rings (SSSR count). The van der Waals surface area contributed by atoms with Crippen LogP contribution >= 0.6 is 11.8 Å². The molecule has 2 aromatic rings. The maximum Gasteiger partial charge on any atom is 0.277 e. The summed E-state index contributed by atoms with van der Waals surface area (Å²) in [5, 5.41) is 18.5. The molecule has 0 aliphatic carbocycles. The molecule has 0 aromatic carbocycles. The van der Waals surface area contributed by atoms with Gasteiger partial charge in [-0.1, -0.05) is 25.6 Å². The number of amides is 1. The molecule has 0 unspecified atom stereocenters. The van der Waals surface area contributed by atoms with Gasteiger partial charge in [0.15, 0.2) is 0 Å². The van der Waals surface area contributed by atoms with Crippen molar-refractivity contribution < 1.29 is 13.6 Å². The van der Waals surface area contributed by atoms with E-state index in [9.17, 15) is 4.79 Å². The van der Waals surface area contributed by atoms with Gasteiger partial charge >= 0.3 is 0 Å². The predicted octanol–water partition coefficient (Wildman–Crippen LogP) is 1.85. The Bertz CT molecular complexity index is 610. The fourth-order valence-corrected chi connectivity index (χ4v) is 2.08. The van der Waals surface area contributed by atoms with Crippen LogP contribution in [-0.2, 0) is 4.79 Å². The lowest BCUT2D eigenvalue weighted by atomic mass is 10.2. The highest BCUT2D eigenvalue weighted by Crippen LogP contribution is 2.18. The molecule has 0 saturated carbocycles. The number of nitrogens with zero attached hydrogens (tertiary/aromatic N) is 4. The highest BCUT2D eigenvalue weighted by atomic mass is 32.2. The molecule has 21 heavy (non-hydrogen) atoms. The van der Waals surface area contributed by atoms with Gasteiger partial charge < -0.3 is 14.2 Å². The van der Waals surface area contributed by atoms with E-state index >= 15 is 0 Å². The van der Waals surface area contributed by atoms with Crippen molar-refractivity contribution in [1.82, 2.24) is 25.7 Å². The molecule has 1 atom stereocenters. The third-order valence-electron chi connectivity index (χ3n) is 2.53. The molecule has 0 spiro atoms. The van der Waals surface area contributed by atoms with E-state index in [-0.39, 0.29) is 23.6 Å². The molecule has 8 nitrogen and oxygen atoms in total. The van der Waals surface area contributed by atoms with E-state index in [1.54, 1.807) is 13.8 Å². The largest absolute Gasteiger partial charge is 0.423 e. The van der Waals surface area contributed by atoms with Crippen LogP contribution in [0.25, 0.3) is 0 Å². The fourth-order valence-electron chi connectivity index (χ4n) is 1.46. The van der Waals surface area contributed by atoms with Crippen LogP contribution in [0.5, 0.6) is 0 Å². The van der Waals surface area contributed by atoms with Crippen LogP contribution in [0.1, 0.15) is 50.4 Å². The lowest BCUT2D eigenvalue weighted by Gasteiger charge is -2.08. The number of aromatic nitrogens is 4. The smallest absolute Gasteiger partial charge is 0.277 e. The first-order valence-electron chi connectivity index (χ1n) is 6.51. The third kappa shape index (κ3) is 4.28. The van der Waals surface area contributed by atoms with Crippen molar-refractivity contribution in [2.75, 3.05) is 5.75 Å². The van der Waals surface area contributed by atoms with Crippen molar-refractivity contribution in [2.45, 2.75) is 44.9 Å². The Labute approximate surface area is 126 Å². The molecule has 2 heterocycles. The molecule has 0 aliphatic rings. The molecule has 0 bridgehead atoms. The van der Waals surface area contributed by atoms with Crippen LogP contribution in [0.3, 0.4) is 0 Å². The van der Waals surface area contributed by atoms with Gasteiger partial charge in [0.25, 0.3) is 5.22 Å². The van der Waals surface area contributed by atoms with Gasteiger partial charge in [-0.15, -0.1) is 20.4 Å². The molecular formula is C12H17N5O3S. The van der Waals surface area contributed by atoms with Gasteiger partial charge in [0.1, 0.15) is 6.04 Å². The molecular weight excluding hydrogens is 294 g/mol. The van der Waals surface area contributed by atoms with Crippen LogP contribution in [0.15, 0.2) is 14.1 Å². The fraction of sp³-hybridized carbons (Fsp3) is 0.583. The number of thioether (sulfide) groups is 1. The minimum absolute atomic E-state index is 0.158. The van der Waals surface area contributed by atoms with Crippen molar-refractivity contribution in [1.29, 1.82) is 0 Å².